The number of benzene rings is 1. The molecule has 4 aromatic rings. The minimum Gasteiger partial charge on any atom is -0.272 e. The van der Waals surface area contributed by atoms with E-state index in [1.807, 2.05) is 24.5 Å². The number of pyridine rings is 2. The Labute approximate surface area is 197 Å². The molecule has 0 unspecified atom stereocenters. The normalized spacial score (nSPS) is 14.4. The van der Waals surface area contributed by atoms with E-state index in [-0.39, 0.29) is 0 Å². The highest BCUT2D eigenvalue weighted by molar-refractivity contribution is 6.83. The monoisotopic (exact) mass is 450 g/mol. The van der Waals surface area contributed by atoms with Crippen molar-refractivity contribution in [2.24, 2.45) is 5.92 Å². The molecule has 166 valence electrons. The minimum absolute atomic E-state index is 0.751. The van der Waals surface area contributed by atoms with Crippen LogP contribution in [-0.4, -0.2) is 27.8 Å². The Morgan fingerprint density at radius 1 is 1.03 bits per heavy atom. The average molecular weight is 451 g/mol. The van der Waals surface area contributed by atoms with Crippen molar-refractivity contribution in [1.82, 2.24) is 19.7 Å². The topological polar surface area (TPSA) is 43.6 Å². The fourth-order valence-corrected chi connectivity index (χ4v) is 5.01. The van der Waals surface area contributed by atoms with Gasteiger partial charge in [0.25, 0.3) is 0 Å². The van der Waals surface area contributed by atoms with Crippen LogP contribution in [0.3, 0.4) is 0 Å². The van der Waals surface area contributed by atoms with Gasteiger partial charge in [-0.3, -0.25) is 9.67 Å². The highest BCUT2D eigenvalue weighted by Gasteiger charge is 2.17. The van der Waals surface area contributed by atoms with Crippen molar-refractivity contribution >= 4 is 19.0 Å². The summed E-state index contributed by atoms with van der Waals surface area (Å²) < 4.78 is 2.11. The molecular weight excluding hydrogens is 420 g/mol. The average Bonchev–Trinajstić information content (AvgIpc) is 3.49. The maximum atomic E-state index is 5.03. The summed E-state index contributed by atoms with van der Waals surface area (Å²) in [5, 5.41) is 5.81. The van der Waals surface area contributed by atoms with Gasteiger partial charge >= 0.3 is 0 Å². The lowest BCUT2D eigenvalue weighted by molar-refractivity contribution is 0.429. The van der Waals surface area contributed by atoms with Gasteiger partial charge in [0.1, 0.15) is 13.8 Å². The summed E-state index contributed by atoms with van der Waals surface area (Å²) in [6.07, 6.45) is 11.3. The molecule has 0 radical (unpaired) electrons. The third kappa shape index (κ3) is 5.07. The predicted octanol–water partition coefficient (Wildman–Crippen LogP) is 6.58. The van der Waals surface area contributed by atoms with Gasteiger partial charge in [-0.05, 0) is 43.0 Å². The van der Waals surface area contributed by atoms with Crippen LogP contribution in [0.5, 0.6) is 0 Å². The van der Waals surface area contributed by atoms with E-state index in [0.717, 1.165) is 51.4 Å². The van der Waals surface area contributed by atoms with E-state index >= 15 is 0 Å². The van der Waals surface area contributed by atoms with E-state index in [0.29, 0.717) is 0 Å². The fraction of sp³-hybridized carbons (Fsp3) is 0.321. The van der Waals surface area contributed by atoms with Gasteiger partial charge in [0.15, 0.2) is 0 Å². The third-order valence-corrected chi connectivity index (χ3v) is 7.08. The Morgan fingerprint density at radius 2 is 1.88 bits per heavy atom. The van der Waals surface area contributed by atoms with Gasteiger partial charge in [0.2, 0.25) is 0 Å². The van der Waals surface area contributed by atoms with E-state index in [1.165, 1.54) is 25.7 Å². The van der Waals surface area contributed by atoms with Gasteiger partial charge in [0, 0.05) is 41.0 Å². The van der Waals surface area contributed by atoms with Gasteiger partial charge in [-0.2, -0.15) is 5.10 Å². The van der Waals surface area contributed by atoms with Crippen LogP contribution in [0.2, 0.25) is 19.6 Å². The number of aromatic nitrogens is 4. The van der Waals surface area contributed by atoms with Crippen molar-refractivity contribution < 1.29 is 0 Å². The smallest absolute Gasteiger partial charge is 0.129 e. The lowest BCUT2D eigenvalue weighted by Gasteiger charge is -2.10. The number of fused-ring (bicyclic) bond motifs is 1. The number of nitrogens with zero attached hydrogens (tertiary/aromatic N) is 4. The van der Waals surface area contributed by atoms with Crippen LogP contribution in [0.15, 0.2) is 61.1 Å². The van der Waals surface area contributed by atoms with Crippen molar-refractivity contribution in [1.29, 1.82) is 0 Å². The summed E-state index contributed by atoms with van der Waals surface area (Å²) in [5.74, 6) is 4.08. The molecule has 1 fully saturated rings. The second-order valence-corrected chi connectivity index (χ2v) is 14.9. The zero-order valence-corrected chi connectivity index (χ0v) is 20.7. The fourth-order valence-electron chi connectivity index (χ4n) is 4.51. The molecule has 1 aromatic carbocycles. The molecular formula is C28H30N4Si. The molecule has 0 N–H and O–H groups in total. The number of hydrogen-bond donors (Lipinski definition) is 0. The van der Waals surface area contributed by atoms with Crippen LogP contribution in [0.1, 0.15) is 31.4 Å². The summed E-state index contributed by atoms with van der Waals surface area (Å²) >= 11 is 0. The van der Waals surface area contributed by atoms with Crippen molar-refractivity contribution in [2.45, 2.75) is 51.9 Å². The highest BCUT2D eigenvalue weighted by Crippen LogP contribution is 2.33. The molecule has 0 aliphatic heterocycles. The Bertz CT molecular complexity index is 1350. The largest absolute Gasteiger partial charge is 0.272 e. The van der Waals surface area contributed by atoms with Crippen molar-refractivity contribution in [3.63, 3.8) is 0 Å². The minimum atomic E-state index is -1.49. The second kappa shape index (κ2) is 8.96. The van der Waals surface area contributed by atoms with Crippen LogP contribution in [0.25, 0.3) is 33.3 Å². The maximum absolute atomic E-state index is 5.03. The first-order chi connectivity index (χ1) is 15.9. The molecule has 1 aliphatic carbocycles. The van der Waals surface area contributed by atoms with Crippen molar-refractivity contribution in [2.75, 3.05) is 0 Å². The zero-order chi connectivity index (χ0) is 22.8. The van der Waals surface area contributed by atoms with E-state index in [2.05, 4.69) is 82.4 Å². The van der Waals surface area contributed by atoms with E-state index in [4.69, 9.17) is 4.98 Å². The molecule has 0 atom stereocenters. The van der Waals surface area contributed by atoms with Crippen molar-refractivity contribution in [3.8, 4) is 33.8 Å². The first-order valence-corrected chi connectivity index (χ1v) is 15.4. The van der Waals surface area contributed by atoms with Crippen LogP contribution in [0, 0.1) is 17.4 Å². The van der Waals surface area contributed by atoms with Gasteiger partial charge in [-0.15, -0.1) is 5.54 Å². The molecule has 3 aromatic heterocycles. The first kappa shape index (κ1) is 21.6. The number of hydrogen-bond acceptors (Lipinski definition) is 3. The van der Waals surface area contributed by atoms with Gasteiger partial charge < -0.3 is 0 Å². The lowest BCUT2D eigenvalue weighted by atomic mass is 10.00. The lowest BCUT2D eigenvalue weighted by Crippen LogP contribution is -2.16. The predicted molar refractivity (Wildman–Crippen MR) is 138 cm³/mol. The van der Waals surface area contributed by atoms with E-state index < -0.39 is 8.07 Å². The highest BCUT2D eigenvalue weighted by atomic mass is 28.3. The van der Waals surface area contributed by atoms with Crippen LogP contribution in [-0.2, 0) is 6.54 Å². The van der Waals surface area contributed by atoms with Gasteiger partial charge in [0.05, 0.1) is 17.4 Å². The summed E-state index contributed by atoms with van der Waals surface area (Å²) in [6.45, 7) is 7.76. The Hall–Kier alpha value is -3.23. The van der Waals surface area contributed by atoms with Crippen molar-refractivity contribution in [3.05, 3.63) is 66.7 Å². The van der Waals surface area contributed by atoms with Gasteiger partial charge in [-0.25, -0.2) is 4.98 Å². The maximum Gasteiger partial charge on any atom is 0.129 e. The van der Waals surface area contributed by atoms with Crippen LogP contribution >= 0.6 is 0 Å². The first-order valence-electron chi connectivity index (χ1n) is 11.9. The quantitative estimate of drug-likeness (QED) is 0.260. The summed E-state index contributed by atoms with van der Waals surface area (Å²) in [6, 6.07) is 14.6. The molecule has 3 heterocycles. The molecule has 5 rings (SSSR count). The molecule has 33 heavy (non-hydrogen) atoms. The van der Waals surface area contributed by atoms with E-state index in [1.54, 1.807) is 0 Å². The SMILES string of the molecule is C[Si](C)(C)C#Cc1ccc(-c2cnn(CC3CCCC3)c2)c(-c2ccc3cccnc3c2)n1. The summed E-state index contributed by atoms with van der Waals surface area (Å²) in [5.41, 5.74) is 9.40. The molecule has 4 nitrogen and oxygen atoms in total. The molecule has 1 aliphatic rings. The molecule has 0 spiro atoms. The molecule has 1 saturated carbocycles. The Kier molecular flexibility index (Phi) is 5.86. The van der Waals surface area contributed by atoms with E-state index in [9.17, 15) is 0 Å². The molecule has 0 amide bonds. The van der Waals surface area contributed by atoms with Gasteiger partial charge in [-0.1, -0.05) is 56.6 Å². The zero-order valence-electron chi connectivity index (χ0n) is 19.7. The summed E-state index contributed by atoms with van der Waals surface area (Å²) in [7, 11) is -1.49. The Morgan fingerprint density at radius 3 is 2.70 bits per heavy atom. The van der Waals surface area contributed by atoms with Crippen LogP contribution < -0.4 is 0 Å². The molecule has 5 heteroatoms. The third-order valence-electron chi connectivity index (χ3n) is 6.20. The standard InChI is InChI=1S/C28H30N4Si/c1-33(2,3)16-14-25-12-13-26(24-18-30-32(20-24)19-21-7-4-5-8-21)28(31-25)23-11-10-22-9-6-15-29-27(22)17-23/h6,9-13,15,17-18,20-21H,4-5,7-8,19H2,1-3H3. The second-order valence-electron chi connectivity index (χ2n) is 10.1. The number of rotatable bonds is 4. The molecule has 0 saturated heterocycles. The van der Waals surface area contributed by atoms with Crippen LogP contribution in [0.4, 0.5) is 0 Å². The summed E-state index contributed by atoms with van der Waals surface area (Å²) in [4.78, 5) is 9.58. The Balaban J connectivity index is 1.57. The molecule has 0 bridgehead atoms.